The number of fused-ring (bicyclic) bond motifs is 2. The van der Waals surface area contributed by atoms with Crippen molar-refractivity contribution in [2.24, 2.45) is 0 Å². The summed E-state index contributed by atoms with van der Waals surface area (Å²) in [5.41, 5.74) is 4.28. The summed E-state index contributed by atoms with van der Waals surface area (Å²) in [5.74, 6) is 0.217. The summed E-state index contributed by atoms with van der Waals surface area (Å²) < 4.78 is 0. The van der Waals surface area contributed by atoms with E-state index in [2.05, 4.69) is 17.1 Å². The van der Waals surface area contributed by atoms with Crippen LogP contribution in [0.5, 0.6) is 0 Å². The number of benzene rings is 2. The quantitative estimate of drug-likeness (QED) is 0.699. The van der Waals surface area contributed by atoms with Crippen molar-refractivity contribution in [1.29, 1.82) is 0 Å². The van der Waals surface area contributed by atoms with Gasteiger partial charge in [0.1, 0.15) is 0 Å². The van der Waals surface area contributed by atoms with Gasteiger partial charge >= 0.3 is 0 Å². The van der Waals surface area contributed by atoms with Crippen molar-refractivity contribution in [1.82, 2.24) is 4.98 Å². The number of ketones is 1. The fraction of sp³-hybridized carbons (Fsp3) is 0.118. The summed E-state index contributed by atoms with van der Waals surface area (Å²) >= 11 is 0. The molecule has 0 amide bonds. The normalized spacial score (nSPS) is 17.9. The lowest BCUT2D eigenvalue weighted by molar-refractivity contribution is 0.0973. The zero-order valence-corrected chi connectivity index (χ0v) is 10.4. The van der Waals surface area contributed by atoms with E-state index in [1.54, 1.807) is 0 Å². The Hall–Kier alpha value is -2.35. The van der Waals surface area contributed by atoms with Crippen LogP contribution in [-0.2, 0) is 6.42 Å². The first-order valence-corrected chi connectivity index (χ1v) is 6.53. The number of carbonyl (C=O) groups is 1. The molecule has 2 aromatic carbocycles. The van der Waals surface area contributed by atoms with E-state index in [1.807, 2.05) is 42.6 Å². The highest BCUT2D eigenvalue weighted by Gasteiger charge is 2.32. The number of Topliss-reactive ketones (excluding diaryl/α,β-unsaturated/α-hetero) is 1. The monoisotopic (exact) mass is 247 g/mol. The number of nitrogens with one attached hydrogen (secondary N) is 1. The molecule has 0 saturated heterocycles. The maximum Gasteiger partial charge on any atom is 0.170 e. The molecule has 1 aliphatic carbocycles. The van der Waals surface area contributed by atoms with Crippen molar-refractivity contribution in [2.45, 2.75) is 12.3 Å². The van der Waals surface area contributed by atoms with Crippen LogP contribution in [0.2, 0.25) is 0 Å². The highest BCUT2D eigenvalue weighted by Crippen LogP contribution is 2.36. The molecule has 2 heteroatoms. The van der Waals surface area contributed by atoms with Crippen molar-refractivity contribution >= 4 is 16.7 Å². The van der Waals surface area contributed by atoms with Crippen molar-refractivity contribution in [3.8, 4) is 0 Å². The fourth-order valence-electron chi connectivity index (χ4n) is 3.07. The number of para-hydroxylation sites is 1. The molecule has 1 aromatic heterocycles. The van der Waals surface area contributed by atoms with Crippen molar-refractivity contribution < 1.29 is 4.79 Å². The van der Waals surface area contributed by atoms with E-state index < -0.39 is 0 Å². The largest absolute Gasteiger partial charge is 0.361 e. The predicted octanol–water partition coefficient (Wildman–Crippen LogP) is 3.69. The Bertz CT molecular complexity index is 785. The average molecular weight is 247 g/mol. The van der Waals surface area contributed by atoms with Crippen molar-refractivity contribution in [2.75, 3.05) is 0 Å². The van der Waals surface area contributed by atoms with Crippen LogP contribution in [0.15, 0.2) is 54.7 Å². The van der Waals surface area contributed by atoms with Crippen LogP contribution in [0.3, 0.4) is 0 Å². The van der Waals surface area contributed by atoms with E-state index in [0.29, 0.717) is 0 Å². The molecule has 3 aromatic rings. The lowest BCUT2D eigenvalue weighted by Gasteiger charge is -2.06. The first-order chi connectivity index (χ1) is 9.34. The van der Waals surface area contributed by atoms with Gasteiger partial charge in [0.05, 0.1) is 5.92 Å². The van der Waals surface area contributed by atoms with Crippen LogP contribution in [0.4, 0.5) is 0 Å². The molecule has 0 radical (unpaired) electrons. The van der Waals surface area contributed by atoms with Gasteiger partial charge in [0, 0.05) is 22.7 Å². The summed E-state index contributed by atoms with van der Waals surface area (Å²) in [5, 5.41) is 1.16. The summed E-state index contributed by atoms with van der Waals surface area (Å²) in [7, 11) is 0. The molecular weight excluding hydrogens is 234 g/mol. The van der Waals surface area contributed by atoms with E-state index in [4.69, 9.17) is 0 Å². The molecule has 0 fully saturated rings. The number of rotatable bonds is 1. The van der Waals surface area contributed by atoms with Gasteiger partial charge < -0.3 is 4.98 Å². The maximum absolute atomic E-state index is 12.5. The summed E-state index contributed by atoms with van der Waals surface area (Å²) in [6.07, 6.45) is 2.80. The number of hydrogen-bond acceptors (Lipinski definition) is 1. The van der Waals surface area contributed by atoms with Crippen LogP contribution in [0, 0.1) is 0 Å². The molecule has 1 N–H and O–H groups in total. The maximum atomic E-state index is 12.5. The van der Waals surface area contributed by atoms with Gasteiger partial charge in [0.2, 0.25) is 0 Å². The molecule has 0 saturated carbocycles. The molecule has 4 rings (SSSR count). The van der Waals surface area contributed by atoms with Gasteiger partial charge in [-0.05, 0) is 23.6 Å². The Morgan fingerprint density at radius 1 is 1.00 bits per heavy atom. The predicted molar refractivity (Wildman–Crippen MR) is 75.5 cm³/mol. The fourth-order valence-corrected chi connectivity index (χ4v) is 3.07. The lowest BCUT2D eigenvalue weighted by atomic mass is 9.95. The molecule has 1 heterocycles. The van der Waals surface area contributed by atoms with E-state index in [0.717, 1.165) is 28.5 Å². The van der Waals surface area contributed by atoms with E-state index >= 15 is 0 Å². The van der Waals surface area contributed by atoms with Crippen LogP contribution < -0.4 is 0 Å². The van der Waals surface area contributed by atoms with Gasteiger partial charge in [-0.25, -0.2) is 0 Å². The second-order valence-corrected chi connectivity index (χ2v) is 5.07. The highest BCUT2D eigenvalue weighted by molar-refractivity contribution is 6.07. The molecular formula is C17H13NO. The van der Waals surface area contributed by atoms with Crippen LogP contribution in [0.25, 0.3) is 10.9 Å². The number of hydrogen-bond donors (Lipinski definition) is 1. The topological polar surface area (TPSA) is 32.9 Å². The Labute approximate surface area is 111 Å². The standard InChI is InChI=1S/C17H13NO/c19-17-12-6-2-1-5-11(12)9-14(17)15-10-18-16-8-4-3-7-13(15)16/h1-8,10,14,18H,9H2. The molecule has 1 unspecified atom stereocenters. The Balaban J connectivity index is 1.85. The SMILES string of the molecule is O=C1c2ccccc2CC1c1c[nH]c2ccccc12. The van der Waals surface area contributed by atoms with Crippen LogP contribution in [0.1, 0.15) is 27.4 Å². The van der Waals surface area contributed by atoms with Gasteiger partial charge in [0.25, 0.3) is 0 Å². The first kappa shape index (κ1) is 10.6. The number of carbonyl (C=O) groups excluding carboxylic acids is 1. The van der Waals surface area contributed by atoms with Crippen molar-refractivity contribution in [3.05, 3.63) is 71.4 Å². The van der Waals surface area contributed by atoms with Gasteiger partial charge in [-0.2, -0.15) is 0 Å². The highest BCUT2D eigenvalue weighted by atomic mass is 16.1. The number of H-pyrrole nitrogens is 1. The molecule has 92 valence electrons. The van der Waals surface area contributed by atoms with Crippen LogP contribution in [-0.4, -0.2) is 10.8 Å². The van der Waals surface area contributed by atoms with Crippen LogP contribution >= 0.6 is 0 Å². The Morgan fingerprint density at radius 2 is 1.79 bits per heavy atom. The molecule has 0 spiro atoms. The van der Waals surface area contributed by atoms with E-state index in [9.17, 15) is 4.79 Å². The summed E-state index contributed by atoms with van der Waals surface area (Å²) in [6, 6.07) is 16.1. The van der Waals surface area contributed by atoms with Gasteiger partial charge in [-0.1, -0.05) is 42.5 Å². The smallest absolute Gasteiger partial charge is 0.170 e. The zero-order valence-electron chi connectivity index (χ0n) is 10.4. The van der Waals surface area contributed by atoms with Gasteiger partial charge in [-0.3, -0.25) is 4.79 Å². The molecule has 1 atom stereocenters. The molecule has 19 heavy (non-hydrogen) atoms. The molecule has 2 nitrogen and oxygen atoms in total. The zero-order chi connectivity index (χ0) is 12.8. The van der Waals surface area contributed by atoms with Gasteiger partial charge in [0.15, 0.2) is 5.78 Å². The third kappa shape index (κ3) is 1.46. The third-order valence-electron chi connectivity index (χ3n) is 4.02. The number of aromatic nitrogens is 1. The molecule has 1 aliphatic rings. The minimum absolute atomic E-state index is 0.0338. The first-order valence-electron chi connectivity index (χ1n) is 6.53. The third-order valence-corrected chi connectivity index (χ3v) is 4.02. The summed E-state index contributed by atoms with van der Waals surface area (Å²) in [4.78, 5) is 15.8. The Morgan fingerprint density at radius 3 is 2.68 bits per heavy atom. The van der Waals surface area contributed by atoms with Crippen molar-refractivity contribution in [3.63, 3.8) is 0 Å². The average Bonchev–Trinajstić information content (AvgIpc) is 3.01. The lowest BCUT2D eigenvalue weighted by Crippen LogP contribution is -2.06. The van der Waals surface area contributed by atoms with E-state index in [-0.39, 0.29) is 11.7 Å². The number of aromatic amines is 1. The second kappa shape index (κ2) is 3.82. The minimum Gasteiger partial charge on any atom is -0.361 e. The van der Waals surface area contributed by atoms with E-state index in [1.165, 1.54) is 5.56 Å². The van der Waals surface area contributed by atoms with Gasteiger partial charge in [-0.15, -0.1) is 0 Å². The Kier molecular flexibility index (Phi) is 2.12. The second-order valence-electron chi connectivity index (χ2n) is 5.07. The molecule has 0 aliphatic heterocycles. The summed E-state index contributed by atoms with van der Waals surface area (Å²) in [6.45, 7) is 0. The molecule has 0 bridgehead atoms. The minimum atomic E-state index is -0.0338.